The zero-order valence-corrected chi connectivity index (χ0v) is 14.6. The van der Waals surface area contributed by atoms with Crippen LogP contribution in [0.3, 0.4) is 0 Å². The summed E-state index contributed by atoms with van der Waals surface area (Å²) < 4.78 is 27.6. The van der Waals surface area contributed by atoms with Gasteiger partial charge in [0.1, 0.15) is 17.4 Å². The maximum Gasteiger partial charge on any atom is 0.323 e. The molecule has 9 heteroatoms. The Balaban J connectivity index is 1.89. The molecule has 1 fully saturated rings. The summed E-state index contributed by atoms with van der Waals surface area (Å²) in [4.78, 5) is 17.4. The number of amidine groups is 1. The van der Waals surface area contributed by atoms with E-state index in [1.165, 1.54) is 0 Å². The Kier molecular flexibility index (Phi) is 6.24. The molecule has 0 bridgehead atoms. The summed E-state index contributed by atoms with van der Waals surface area (Å²) in [7, 11) is 0. The molecule has 136 valence electrons. The zero-order valence-electron chi connectivity index (χ0n) is 13.8. The van der Waals surface area contributed by atoms with Crippen LogP contribution in [0.5, 0.6) is 5.75 Å². The van der Waals surface area contributed by atoms with Crippen molar-refractivity contribution < 1.29 is 18.7 Å². The summed E-state index contributed by atoms with van der Waals surface area (Å²) in [6.07, 6.45) is 1.45. The van der Waals surface area contributed by atoms with Gasteiger partial charge in [-0.25, -0.2) is 18.6 Å². The van der Waals surface area contributed by atoms with Gasteiger partial charge in [0.15, 0.2) is 0 Å². The van der Waals surface area contributed by atoms with Gasteiger partial charge in [-0.05, 0) is 44.3 Å². The lowest BCUT2D eigenvalue weighted by molar-refractivity contribution is 0.174. The third kappa shape index (κ3) is 5.35. The summed E-state index contributed by atoms with van der Waals surface area (Å²) in [6, 6.07) is 1.44. The number of aromatic hydroxyl groups is 1. The van der Waals surface area contributed by atoms with E-state index in [1.807, 2.05) is 0 Å². The quantitative estimate of drug-likeness (QED) is 0.423. The molecule has 0 saturated carbocycles. The zero-order chi connectivity index (χ0) is 18.6. The van der Waals surface area contributed by atoms with E-state index in [-0.39, 0.29) is 34.9 Å². The molecule has 1 aromatic rings. The first-order valence-corrected chi connectivity index (χ1v) is 8.24. The molecule has 4 N–H and O–H groups in total. The first-order valence-electron chi connectivity index (χ1n) is 7.83. The first-order chi connectivity index (χ1) is 11.8. The van der Waals surface area contributed by atoms with Gasteiger partial charge < -0.3 is 15.7 Å². The Morgan fingerprint density at radius 1 is 1.40 bits per heavy atom. The van der Waals surface area contributed by atoms with Gasteiger partial charge in [-0.1, -0.05) is 0 Å². The molecule has 1 aliphatic rings. The minimum absolute atomic E-state index is 0.000332. The molecule has 6 nitrogen and oxygen atoms in total. The molecule has 2 amide bonds. The van der Waals surface area contributed by atoms with Crippen molar-refractivity contribution in [3.63, 3.8) is 0 Å². The second-order valence-corrected chi connectivity index (χ2v) is 6.40. The van der Waals surface area contributed by atoms with E-state index in [9.17, 15) is 18.7 Å². The molecule has 0 unspecified atom stereocenters. The number of benzene rings is 1. The van der Waals surface area contributed by atoms with Gasteiger partial charge in [-0.15, -0.1) is 0 Å². The molecule has 0 aliphatic carbocycles. The highest BCUT2D eigenvalue weighted by Gasteiger charge is 2.25. The van der Waals surface area contributed by atoms with Crippen molar-refractivity contribution in [3.05, 3.63) is 29.3 Å². The molecule has 0 radical (unpaired) electrons. The number of rotatable bonds is 2. The van der Waals surface area contributed by atoms with Gasteiger partial charge in [0.2, 0.25) is 5.11 Å². The van der Waals surface area contributed by atoms with Gasteiger partial charge >= 0.3 is 6.03 Å². The summed E-state index contributed by atoms with van der Waals surface area (Å²) in [5, 5.41) is 11.7. The fourth-order valence-corrected chi connectivity index (χ4v) is 3.00. The largest absolute Gasteiger partial charge is 0.508 e. The number of phenols is 1. The normalized spacial score (nSPS) is 16.0. The lowest BCUT2D eigenvalue weighted by Crippen LogP contribution is -2.46. The van der Waals surface area contributed by atoms with Crippen LogP contribution < -0.4 is 11.1 Å². The van der Waals surface area contributed by atoms with Crippen molar-refractivity contribution in [1.82, 2.24) is 10.2 Å². The Morgan fingerprint density at radius 3 is 2.48 bits per heavy atom. The highest BCUT2D eigenvalue weighted by atomic mass is 32.1. The number of aliphatic imine (C=N–C) groups is 1. The van der Waals surface area contributed by atoms with Crippen LogP contribution >= 0.6 is 12.2 Å². The minimum atomic E-state index is -0.752. The van der Waals surface area contributed by atoms with E-state index >= 15 is 0 Å². The molecule has 1 aromatic carbocycles. The molecular formula is C16H20F2N4O2S. The van der Waals surface area contributed by atoms with Crippen LogP contribution in [0.4, 0.5) is 13.6 Å². The van der Waals surface area contributed by atoms with E-state index < -0.39 is 17.4 Å². The Hall–Kier alpha value is -2.29. The molecule has 0 aromatic heterocycles. The number of carbonyl (C=O) groups is 1. The average molecular weight is 370 g/mol. The number of amides is 2. The third-order valence-electron chi connectivity index (χ3n) is 4.01. The van der Waals surface area contributed by atoms with Crippen LogP contribution in [-0.4, -0.2) is 40.1 Å². The first kappa shape index (κ1) is 19.0. The molecule has 25 heavy (non-hydrogen) atoms. The average Bonchev–Trinajstić information content (AvgIpc) is 2.50. The second kappa shape index (κ2) is 8.19. The van der Waals surface area contributed by atoms with Crippen molar-refractivity contribution in [2.75, 3.05) is 13.1 Å². The number of piperidine rings is 1. The number of thiocarbonyl (C=S) groups is 1. The number of nitrogens with zero attached hydrogens (tertiary/aromatic N) is 2. The second-order valence-electron chi connectivity index (χ2n) is 6.01. The number of halogens is 2. The Morgan fingerprint density at radius 2 is 1.96 bits per heavy atom. The van der Waals surface area contributed by atoms with Crippen molar-refractivity contribution in [1.29, 1.82) is 0 Å². The standard InChI is InChI=1S/C16H20F2N4O2S/c1-9(19)20-15(25)21-16(24)22-4-2-10(3-5-22)6-12-13(17)7-11(23)8-14(12)18/h7-8,10,23H,2-6H2,1H3,(H3,19,20,21,24,25). The van der Waals surface area contributed by atoms with Gasteiger partial charge in [0.25, 0.3) is 0 Å². The van der Waals surface area contributed by atoms with E-state index in [0.29, 0.717) is 25.9 Å². The number of urea groups is 1. The van der Waals surface area contributed by atoms with Gasteiger partial charge in [0, 0.05) is 30.8 Å². The van der Waals surface area contributed by atoms with Crippen molar-refractivity contribution >= 4 is 29.2 Å². The van der Waals surface area contributed by atoms with Crippen LogP contribution in [0.2, 0.25) is 0 Å². The van der Waals surface area contributed by atoms with Crippen molar-refractivity contribution in [2.24, 2.45) is 16.6 Å². The van der Waals surface area contributed by atoms with Crippen LogP contribution in [0.15, 0.2) is 17.1 Å². The maximum absolute atomic E-state index is 13.8. The van der Waals surface area contributed by atoms with Crippen LogP contribution in [-0.2, 0) is 6.42 Å². The number of carbonyl (C=O) groups excluding carboxylic acids is 1. The lowest BCUT2D eigenvalue weighted by atomic mass is 9.90. The number of likely N-dealkylation sites (tertiary alicyclic amines) is 1. The number of nitrogens with one attached hydrogen (secondary N) is 1. The van der Waals surface area contributed by atoms with E-state index in [1.54, 1.807) is 11.8 Å². The fourth-order valence-electron chi connectivity index (χ4n) is 2.77. The molecular weight excluding hydrogens is 350 g/mol. The molecule has 0 spiro atoms. The van der Waals surface area contributed by atoms with Gasteiger partial charge in [-0.3, -0.25) is 5.32 Å². The van der Waals surface area contributed by atoms with Gasteiger partial charge in [-0.2, -0.15) is 0 Å². The van der Waals surface area contributed by atoms with Crippen molar-refractivity contribution in [3.8, 4) is 5.75 Å². The minimum Gasteiger partial charge on any atom is -0.508 e. The van der Waals surface area contributed by atoms with E-state index in [4.69, 9.17) is 18.0 Å². The molecule has 1 heterocycles. The number of phenolic OH excluding ortho intramolecular Hbond substituents is 1. The maximum atomic E-state index is 13.8. The Bertz CT molecular complexity index is 676. The number of hydrogen-bond acceptors (Lipinski definition) is 3. The molecule has 2 rings (SSSR count). The molecule has 0 atom stereocenters. The van der Waals surface area contributed by atoms with Crippen molar-refractivity contribution in [2.45, 2.75) is 26.2 Å². The smallest absolute Gasteiger partial charge is 0.323 e. The Labute approximate surface area is 149 Å². The lowest BCUT2D eigenvalue weighted by Gasteiger charge is -2.32. The summed E-state index contributed by atoms with van der Waals surface area (Å²) >= 11 is 4.90. The highest BCUT2D eigenvalue weighted by molar-refractivity contribution is 7.80. The number of hydrogen-bond donors (Lipinski definition) is 3. The summed E-state index contributed by atoms with van der Waals surface area (Å²) in [6.45, 7) is 2.46. The highest BCUT2D eigenvalue weighted by Crippen LogP contribution is 2.26. The summed E-state index contributed by atoms with van der Waals surface area (Å²) in [5.41, 5.74) is 5.36. The van der Waals surface area contributed by atoms with Gasteiger partial charge in [0.05, 0.1) is 5.84 Å². The fraction of sp³-hybridized carbons (Fsp3) is 0.438. The topological polar surface area (TPSA) is 90.9 Å². The number of nitrogens with two attached hydrogens (primary N) is 1. The molecule has 1 saturated heterocycles. The van der Waals surface area contributed by atoms with Crippen LogP contribution in [0.25, 0.3) is 0 Å². The van der Waals surface area contributed by atoms with Crippen LogP contribution in [0, 0.1) is 17.6 Å². The summed E-state index contributed by atoms with van der Waals surface area (Å²) in [5.74, 6) is -1.64. The monoisotopic (exact) mass is 370 g/mol. The predicted molar refractivity (Wildman–Crippen MR) is 94.4 cm³/mol. The predicted octanol–water partition coefficient (Wildman–Crippen LogP) is 2.30. The third-order valence-corrected chi connectivity index (χ3v) is 4.21. The SMILES string of the molecule is C/C(N)=N/C(=S)NC(=O)N1CCC(Cc2c(F)cc(O)cc2F)CC1. The van der Waals surface area contributed by atoms with E-state index in [2.05, 4.69) is 10.3 Å². The molecule has 1 aliphatic heterocycles. The van der Waals surface area contributed by atoms with E-state index in [0.717, 1.165) is 12.1 Å². The van der Waals surface area contributed by atoms with Crippen LogP contribution in [0.1, 0.15) is 25.3 Å².